The number of rotatable bonds is 5. The Labute approximate surface area is 148 Å². The third kappa shape index (κ3) is 3.36. The summed E-state index contributed by atoms with van der Waals surface area (Å²) in [6.07, 6.45) is 2.29. The SMILES string of the molecule is CN1CCN(CCCSn2c3c(c4ccccc42)COCC3)CC1. The standard InChI is InChI=1S/C19H27N3OS/c1-20-9-11-21(12-10-20)8-4-14-24-22-18-6-3-2-5-16(18)17-15-23-13-7-19(17)22/h2-3,5-6H,4,7-15H2,1H3. The second-order valence-corrected chi connectivity index (χ2v) is 7.90. The lowest BCUT2D eigenvalue weighted by molar-refractivity contribution is 0.111. The molecular weight excluding hydrogens is 318 g/mol. The average molecular weight is 346 g/mol. The van der Waals surface area contributed by atoms with Gasteiger partial charge >= 0.3 is 0 Å². The molecule has 0 bridgehead atoms. The molecule has 2 aliphatic heterocycles. The summed E-state index contributed by atoms with van der Waals surface area (Å²) in [5.74, 6) is 1.18. The molecule has 0 N–H and O–H groups in total. The molecule has 5 heteroatoms. The highest BCUT2D eigenvalue weighted by Crippen LogP contribution is 2.33. The summed E-state index contributed by atoms with van der Waals surface area (Å²) in [4.78, 5) is 5.03. The third-order valence-electron chi connectivity index (χ3n) is 5.21. The van der Waals surface area contributed by atoms with Crippen LogP contribution in [-0.4, -0.2) is 65.9 Å². The van der Waals surface area contributed by atoms with Crippen molar-refractivity contribution in [2.24, 2.45) is 0 Å². The fraction of sp³-hybridized carbons (Fsp3) is 0.579. The maximum absolute atomic E-state index is 5.70. The predicted molar refractivity (Wildman–Crippen MR) is 102 cm³/mol. The molecule has 0 saturated carbocycles. The molecule has 1 aromatic carbocycles. The minimum atomic E-state index is 0.769. The lowest BCUT2D eigenvalue weighted by atomic mass is 10.1. The quantitative estimate of drug-likeness (QED) is 0.777. The van der Waals surface area contributed by atoms with Gasteiger partial charge in [0, 0.05) is 55.0 Å². The number of ether oxygens (including phenoxy) is 1. The zero-order valence-electron chi connectivity index (χ0n) is 14.5. The summed E-state index contributed by atoms with van der Waals surface area (Å²) in [7, 11) is 2.22. The minimum Gasteiger partial charge on any atom is -0.376 e. The molecule has 1 saturated heterocycles. The van der Waals surface area contributed by atoms with E-state index in [1.54, 1.807) is 0 Å². The van der Waals surface area contributed by atoms with E-state index in [2.05, 4.69) is 45.1 Å². The van der Waals surface area contributed by atoms with Gasteiger partial charge in [-0.3, -0.25) is 3.97 Å². The largest absolute Gasteiger partial charge is 0.376 e. The number of nitrogens with zero attached hydrogens (tertiary/aromatic N) is 3. The molecular formula is C19H27N3OS. The van der Waals surface area contributed by atoms with Gasteiger partial charge in [-0.25, -0.2) is 0 Å². The van der Waals surface area contributed by atoms with E-state index < -0.39 is 0 Å². The van der Waals surface area contributed by atoms with E-state index in [0.29, 0.717) is 0 Å². The Bertz CT molecular complexity index is 691. The van der Waals surface area contributed by atoms with E-state index >= 15 is 0 Å². The Morgan fingerprint density at radius 3 is 2.83 bits per heavy atom. The van der Waals surface area contributed by atoms with E-state index in [-0.39, 0.29) is 0 Å². The van der Waals surface area contributed by atoms with Gasteiger partial charge in [-0.15, -0.1) is 0 Å². The van der Waals surface area contributed by atoms with Gasteiger partial charge in [0.15, 0.2) is 0 Å². The maximum atomic E-state index is 5.70. The zero-order valence-corrected chi connectivity index (χ0v) is 15.4. The van der Waals surface area contributed by atoms with Crippen LogP contribution in [0.3, 0.4) is 0 Å². The Hall–Kier alpha value is -1.01. The topological polar surface area (TPSA) is 20.6 Å². The van der Waals surface area contributed by atoms with Crippen LogP contribution in [0.2, 0.25) is 0 Å². The van der Waals surface area contributed by atoms with Crippen LogP contribution in [0.15, 0.2) is 24.3 Å². The van der Waals surface area contributed by atoms with Gasteiger partial charge in [0.05, 0.1) is 18.7 Å². The number of hydrogen-bond acceptors (Lipinski definition) is 4. The van der Waals surface area contributed by atoms with Gasteiger partial charge in [-0.05, 0) is 38.0 Å². The molecule has 2 aliphatic rings. The lowest BCUT2D eigenvalue weighted by Crippen LogP contribution is -2.44. The third-order valence-corrected chi connectivity index (χ3v) is 6.35. The van der Waals surface area contributed by atoms with Crippen LogP contribution in [0.1, 0.15) is 17.7 Å². The fourth-order valence-electron chi connectivity index (χ4n) is 3.75. The number of fused-ring (bicyclic) bond motifs is 3. The normalized spacial score (nSPS) is 19.7. The summed E-state index contributed by atoms with van der Waals surface area (Å²) in [6, 6.07) is 8.78. The molecule has 0 amide bonds. The lowest BCUT2D eigenvalue weighted by Gasteiger charge is -2.32. The van der Waals surface area contributed by atoms with Crippen molar-refractivity contribution in [1.29, 1.82) is 0 Å². The van der Waals surface area contributed by atoms with Crippen molar-refractivity contribution in [3.05, 3.63) is 35.5 Å². The van der Waals surface area contributed by atoms with E-state index in [1.165, 1.54) is 67.1 Å². The maximum Gasteiger partial charge on any atom is 0.0741 e. The molecule has 0 radical (unpaired) electrons. The number of aromatic nitrogens is 1. The van der Waals surface area contributed by atoms with Crippen LogP contribution < -0.4 is 0 Å². The molecule has 4 nitrogen and oxygen atoms in total. The first-order valence-electron chi connectivity index (χ1n) is 9.06. The molecule has 4 rings (SSSR count). The van der Waals surface area contributed by atoms with Crippen LogP contribution in [0.5, 0.6) is 0 Å². The van der Waals surface area contributed by atoms with Crippen LogP contribution in [-0.2, 0) is 17.8 Å². The number of likely N-dealkylation sites (N-methyl/N-ethyl adjacent to an activating group) is 1. The van der Waals surface area contributed by atoms with Crippen molar-refractivity contribution < 1.29 is 4.74 Å². The summed E-state index contributed by atoms with van der Waals surface area (Å²) in [6.45, 7) is 7.72. The highest BCUT2D eigenvalue weighted by molar-refractivity contribution is 7.98. The van der Waals surface area contributed by atoms with Gasteiger partial charge in [-0.2, -0.15) is 0 Å². The smallest absolute Gasteiger partial charge is 0.0741 e. The predicted octanol–water partition coefficient (Wildman–Crippen LogP) is 2.85. The molecule has 2 aromatic rings. The molecule has 1 fully saturated rings. The average Bonchev–Trinajstić information content (AvgIpc) is 2.95. The van der Waals surface area contributed by atoms with Crippen LogP contribution in [0.25, 0.3) is 10.9 Å². The first-order valence-corrected chi connectivity index (χ1v) is 10.0. The number of benzene rings is 1. The van der Waals surface area contributed by atoms with Crippen molar-refractivity contribution in [3.8, 4) is 0 Å². The second kappa shape index (κ2) is 7.48. The monoisotopic (exact) mass is 345 g/mol. The van der Waals surface area contributed by atoms with Crippen LogP contribution in [0.4, 0.5) is 0 Å². The van der Waals surface area contributed by atoms with Crippen molar-refractivity contribution in [2.45, 2.75) is 19.4 Å². The van der Waals surface area contributed by atoms with Gasteiger partial charge in [-0.1, -0.05) is 18.2 Å². The summed E-state index contributed by atoms with van der Waals surface area (Å²) < 4.78 is 8.18. The Kier molecular flexibility index (Phi) is 5.13. The van der Waals surface area contributed by atoms with Crippen LogP contribution in [0, 0.1) is 0 Å². The van der Waals surface area contributed by atoms with E-state index in [9.17, 15) is 0 Å². The molecule has 0 unspecified atom stereocenters. The molecule has 24 heavy (non-hydrogen) atoms. The highest BCUT2D eigenvalue weighted by atomic mass is 32.2. The van der Waals surface area contributed by atoms with E-state index in [0.717, 1.165) is 19.6 Å². The van der Waals surface area contributed by atoms with E-state index in [4.69, 9.17) is 4.74 Å². The molecule has 130 valence electrons. The fourth-order valence-corrected chi connectivity index (χ4v) is 4.85. The van der Waals surface area contributed by atoms with Crippen molar-refractivity contribution in [1.82, 2.24) is 13.8 Å². The molecule has 0 spiro atoms. The Morgan fingerprint density at radius 1 is 1.12 bits per heavy atom. The summed E-state index contributed by atoms with van der Waals surface area (Å²) >= 11 is 1.98. The van der Waals surface area contributed by atoms with E-state index in [1.807, 2.05) is 11.9 Å². The van der Waals surface area contributed by atoms with Gasteiger partial charge in [0.1, 0.15) is 0 Å². The molecule has 1 aromatic heterocycles. The Morgan fingerprint density at radius 2 is 1.96 bits per heavy atom. The van der Waals surface area contributed by atoms with Crippen molar-refractivity contribution in [2.75, 3.05) is 52.1 Å². The first kappa shape index (κ1) is 16.5. The molecule has 3 heterocycles. The summed E-state index contributed by atoms with van der Waals surface area (Å²) in [5.41, 5.74) is 4.24. The molecule has 0 aliphatic carbocycles. The van der Waals surface area contributed by atoms with Gasteiger partial charge < -0.3 is 14.5 Å². The second-order valence-electron chi connectivity index (χ2n) is 6.87. The Balaban J connectivity index is 1.40. The van der Waals surface area contributed by atoms with Crippen molar-refractivity contribution >= 4 is 22.9 Å². The number of para-hydroxylation sites is 1. The molecule has 0 atom stereocenters. The van der Waals surface area contributed by atoms with Gasteiger partial charge in [0.25, 0.3) is 0 Å². The highest BCUT2D eigenvalue weighted by Gasteiger charge is 2.20. The number of hydrogen-bond donors (Lipinski definition) is 0. The van der Waals surface area contributed by atoms with Crippen molar-refractivity contribution in [3.63, 3.8) is 0 Å². The van der Waals surface area contributed by atoms with Gasteiger partial charge in [0.2, 0.25) is 0 Å². The summed E-state index contributed by atoms with van der Waals surface area (Å²) in [5, 5.41) is 1.37. The minimum absolute atomic E-state index is 0.769. The zero-order chi connectivity index (χ0) is 16.4. The number of piperazine rings is 1. The first-order chi connectivity index (χ1) is 11.8. The van der Waals surface area contributed by atoms with Crippen LogP contribution >= 0.6 is 11.9 Å².